The maximum absolute atomic E-state index is 14.0. The second kappa shape index (κ2) is 7.63. The Hall–Kier alpha value is -2.31. The van der Waals surface area contributed by atoms with Crippen LogP contribution in [0.1, 0.15) is 41.1 Å². The van der Waals surface area contributed by atoms with Crippen molar-refractivity contribution in [1.82, 2.24) is 4.90 Å². The second-order valence-corrected chi connectivity index (χ2v) is 10.2. The number of thioether (sulfide) groups is 1. The quantitative estimate of drug-likeness (QED) is 0.469. The normalized spacial score (nSPS) is 33.4. The van der Waals surface area contributed by atoms with Crippen LogP contribution in [0.25, 0.3) is 0 Å². The van der Waals surface area contributed by atoms with Gasteiger partial charge < -0.3 is 9.47 Å². The molecule has 4 aliphatic heterocycles. The number of ether oxygens (including phenoxy) is 2. The molecule has 0 aromatic heterocycles. The van der Waals surface area contributed by atoms with Gasteiger partial charge in [-0.15, -0.1) is 0 Å². The number of carbonyl (C=O) groups is 1. The Kier molecular flexibility index (Phi) is 4.84. The van der Waals surface area contributed by atoms with Gasteiger partial charge in [-0.1, -0.05) is 96.2 Å². The standard InChI is InChI=1S/C26H22ClNO3S/c1-16-22(17-8-4-2-5-9-17)30-26-28(16)25(29)21(24(32-26)19-10-6-3-7-11-19)23(31-26)18-12-14-20(27)15-13-18/h2-16,21-24H,1H3/t16-,21-,22-,23-,24-,26-/m0/s1. The topological polar surface area (TPSA) is 38.8 Å². The van der Waals surface area contributed by atoms with E-state index in [1.54, 1.807) is 11.8 Å². The van der Waals surface area contributed by atoms with E-state index in [4.69, 9.17) is 21.1 Å². The van der Waals surface area contributed by atoms with Crippen molar-refractivity contribution in [1.29, 1.82) is 0 Å². The van der Waals surface area contributed by atoms with E-state index in [9.17, 15) is 4.79 Å². The zero-order valence-corrected chi connectivity index (χ0v) is 19.0. The summed E-state index contributed by atoms with van der Waals surface area (Å²) >= 11 is 7.73. The monoisotopic (exact) mass is 463 g/mol. The Bertz CT molecular complexity index is 1140. The Labute approximate surface area is 196 Å². The van der Waals surface area contributed by atoms with Gasteiger partial charge in [0.1, 0.15) is 12.2 Å². The summed E-state index contributed by atoms with van der Waals surface area (Å²) in [5.74, 6) is -0.277. The summed E-state index contributed by atoms with van der Waals surface area (Å²) in [6.45, 7) is 2.05. The molecule has 162 valence electrons. The van der Waals surface area contributed by atoms with E-state index in [0.717, 1.165) is 16.7 Å². The summed E-state index contributed by atoms with van der Waals surface area (Å²) in [4.78, 5) is 15.8. The summed E-state index contributed by atoms with van der Waals surface area (Å²) in [5.41, 5.74) is 3.09. The second-order valence-electron chi connectivity index (χ2n) is 8.49. The van der Waals surface area contributed by atoms with Crippen LogP contribution in [0.15, 0.2) is 84.9 Å². The highest BCUT2D eigenvalue weighted by atomic mass is 35.5. The number of nitrogens with zero attached hydrogens (tertiary/aromatic N) is 1. The molecule has 1 spiro atoms. The third kappa shape index (κ3) is 3.03. The minimum absolute atomic E-state index is 0.0731. The van der Waals surface area contributed by atoms with Gasteiger partial charge >= 0.3 is 5.24 Å². The minimum Gasteiger partial charge on any atom is -0.315 e. The molecule has 2 bridgehead atoms. The molecule has 4 fully saturated rings. The molecule has 4 heterocycles. The van der Waals surface area contributed by atoms with Crippen molar-refractivity contribution in [3.63, 3.8) is 0 Å². The molecule has 6 atom stereocenters. The summed E-state index contributed by atoms with van der Waals surface area (Å²) < 4.78 is 13.3. The van der Waals surface area contributed by atoms with E-state index < -0.39 is 11.3 Å². The van der Waals surface area contributed by atoms with Gasteiger partial charge in [0.2, 0.25) is 5.91 Å². The number of amides is 1. The lowest BCUT2D eigenvalue weighted by molar-refractivity contribution is -0.279. The fourth-order valence-electron chi connectivity index (χ4n) is 5.11. The van der Waals surface area contributed by atoms with Crippen LogP contribution < -0.4 is 0 Å². The van der Waals surface area contributed by atoms with Gasteiger partial charge in [-0.25, -0.2) is 0 Å². The first-order valence-electron chi connectivity index (χ1n) is 10.8. The number of hydrogen-bond donors (Lipinski definition) is 0. The van der Waals surface area contributed by atoms with Crippen molar-refractivity contribution in [2.24, 2.45) is 5.92 Å². The van der Waals surface area contributed by atoms with Crippen LogP contribution in [0.3, 0.4) is 0 Å². The van der Waals surface area contributed by atoms with Crippen molar-refractivity contribution in [2.75, 3.05) is 0 Å². The molecule has 4 saturated heterocycles. The van der Waals surface area contributed by atoms with Crippen molar-refractivity contribution in [2.45, 2.75) is 35.7 Å². The lowest BCUT2D eigenvalue weighted by Gasteiger charge is -2.55. The van der Waals surface area contributed by atoms with Gasteiger partial charge in [0, 0.05) is 5.02 Å². The number of rotatable bonds is 3. The third-order valence-electron chi connectivity index (χ3n) is 6.60. The van der Waals surface area contributed by atoms with Crippen LogP contribution in [0, 0.1) is 5.92 Å². The smallest absolute Gasteiger partial charge is 0.309 e. The van der Waals surface area contributed by atoms with Gasteiger partial charge in [-0.05, 0) is 35.7 Å². The Balaban J connectivity index is 1.46. The van der Waals surface area contributed by atoms with Gasteiger partial charge in [-0.3, -0.25) is 9.69 Å². The predicted molar refractivity (Wildman–Crippen MR) is 125 cm³/mol. The molecule has 0 unspecified atom stereocenters. The van der Waals surface area contributed by atoms with E-state index in [-0.39, 0.29) is 29.2 Å². The fourth-order valence-corrected chi connectivity index (χ4v) is 6.95. The van der Waals surface area contributed by atoms with E-state index in [2.05, 4.69) is 12.1 Å². The first kappa shape index (κ1) is 20.3. The van der Waals surface area contributed by atoms with Crippen molar-refractivity contribution in [3.8, 4) is 0 Å². The largest absolute Gasteiger partial charge is 0.315 e. The molecule has 0 radical (unpaired) electrons. The summed E-state index contributed by atoms with van der Waals surface area (Å²) in [6, 6.07) is 27.7. The summed E-state index contributed by atoms with van der Waals surface area (Å²) in [7, 11) is 0. The molecule has 0 saturated carbocycles. The SMILES string of the molecule is C[C@H]1[C@@H](c2ccccc2)O[C@]23O[C@@H](c4ccc(Cl)cc4)[C@H](C(=O)N12)[C@H](c1ccccc1)S3. The Morgan fingerprint density at radius 3 is 2.03 bits per heavy atom. The van der Waals surface area contributed by atoms with Crippen LogP contribution in [0.5, 0.6) is 0 Å². The Morgan fingerprint density at radius 2 is 1.38 bits per heavy atom. The highest BCUT2D eigenvalue weighted by molar-refractivity contribution is 8.00. The molecular weight excluding hydrogens is 442 g/mol. The van der Waals surface area contributed by atoms with Crippen LogP contribution in [0.2, 0.25) is 5.02 Å². The highest BCUT2D eigenvalue weighted by Crippen LogP contribution is 2.66. The van der Waals surface area contributed by atoms with Gasteiger partial charge in [0.05, 0.1) is 17.2 Å². The van der Waals surface area contributed by atoms with E-state index >= 15 is 0 Å². The molecule has 4 nitrogen and oxygen atoms in total. The maximum atomic E-state index is 14.0. The van der Waals surface area contributed by atoms with Gasteiger partial charge in [0.15, 0.2) is 0 Å². The predicted octanol–water partition coefficient (Wildman–Crippen LogP) is 6.12. The average Bonchev–Trinajstić information content (AvgIpc) is 3.13. The summed E-state index contributed by atoms with van der Waals surface area (Å²) in [5, 5.41) is -0.586. The number of fused-ring (bicyclic) bond motifs is 2. The molecular formula is C26H22ClNO3S. The van der Waals surface area contributed by atoms with Crippen molar-refractivity contribution < 1.29 is 14.3 Å². The Morgan fingerprint density at radius 1 is 0.812 bits per heavy atom. The number of halogens is 1. The average molecular weight is 464 g/mol. The van der Waals surface area contributed by atoms with Crippen LogP contribution in [0.4, 0.5) is 0 Å². The number of hydrogen-bond acceptors (Lipinski definition) is 4. The third-order valence-corrected chi connectivity index (χ3v) is 8.36. The first-order valence-corrected chi connectivity index (χ1v) is 12.1. The van der Waals surface area contributed by atoms with E-state index in [1.165, 1.54) is 0 Å². The molecule has 0 N–H and O–H groups in total. The molecule has 7 rings (SSSR count). The number of carbonyl (C=O) groups excluding carboxylic acids is 1. The maximum Gasteiger partial charge on any atom is 0.309 e. The van der Waals surface area contributed by atoms with Gasteiger partial charge in [0.25, 0.3) is 0 Å². The molecule has 4 aliphatic rings. The lowest BCUT2D eigenvalue weighted by Crippen LogP contribution is -2.63. The van der Waals surface area contributed by atoms with Gasteiger partial charge in [-0.2, -0.15) is 0 Å². The van der Waals surface area contributed by atoms with E-state index in [1.807, 2.05) is 84.6 Å². The van der Waals surface area contributed by atoms with Crippen LogP contribution >= 0.6 is 23.4 Å². The number of benzene rings is 3. The van der Waals surface area contributed by atoms with Crippen molar-refractivity contribution >= 4 is 29.3 Å². The molecule has 3 aromatic carbocycles. The van der Waals surface area contributed by atoms with Crippen LogP contribution in [-0.4, -0.2) is 22.1 Å². The van der Waals surface area contributed by atoms with Crippen molar-refractivity contribution in [3.05, 3.63) is 107 Å². The van der Waals surface area contributed by atoms with Crippen LogP contribution in [-0.2, 0) is 14.3 Å². The summed E-state index contributed by atoms with van der Waals surface area (Å²) in [6.07, 6.45) is -0.670. The fraction of sp³-hybridized carbons (Fsp3) is 0.269. The van der Waals surface area contributed by atoms with E-state index in [0.29, 0.717) is 5.02 Å². The zero-order valence-electron chi connectivity index (χ0n) is 17.4. The minimum atomic E-state index is -1.17. The molecule has 6 heteroatoms. The first-order chi connectivity index (χ1) is 15.6. The molecule has 32 heavy (non-hydrogen) atoms. The molecule has 0 aliphatic carbocycles. The molecule has 3 aromatic rings. The highest BCUT2D eigenvalue weighted by Gasteiger charge is 2.69. The molecule has 1 amide bonds. The zero-order chi connectivity index (χ0) is 21.9. The lowest BCUT2D eigenvalue weighted by atomic mass is 9.86.